The van der Waals surface area contributed by atoms with E-state index in [9.17, 15) is 0 Å². The molecule has 0 spiro atoms. The number of hydrogen-bond donors (Lipinski definition) is 2. The number of benzene rings is 1. The molecule has 0 radical (unpaired) electrons. The first-order valence-electron chi connectivity index (χ1n) is 7.44. The summed E-state index contributed by atoms with van der Waals surface area (Å²) in [5.74, 6) is 8.02. The van der Waals surface area contributed by atoms with Crippen molar-refractivity contribution in [1.82, 2.24) is 5.43 Å². The van der Waals surface area contributed by atoms with E-state index >= 15 is 0 Å². The Labute approximate surface area is 116 Å². The second kappa shape index (κ2) is 6.92. The van der Waals surface area contributed by atoms with E-state index in [0.29, 0.717) is 17.9 Å². The van der Waals surface area contributed by atoms with E-state index in [0.717, 1.165) is 25.2 Å². The summed E-state index contributed by atoms with van der Waals surface area (Å²) in [6, 6.07) is 8.69. The van der Waals surface area contributed by atoms with Crippen LogP contribution in [-0.2, 0) is 0 Å². The zero-order valence-corrected chi connectivity index (χ0v) is 12.1. The highest BCUT2D eigenvalue weighted by Crippen LogP contribution is 2.37. The first kappa shape index (κ1) is 14.4. The Morgan fingerprint density at radius 1 is 1.42 bits per heavy atom. The number of para-hydroxylation sites is 1. The van der Waals surface area contributed by atoms with E-state index in [1.807, 2.05) is 6.07 Å². The molecule has 0 saturated heterocycles. The fraction of sp³-hybridized carbons (Fsp3) is 0.625. The molecule has 1 aliphatic rings. The summed E-state index contributed by atoms with van der Waals surface area (Å²) in [6.07, 6.45) is 4.68. The van der Waals surface area contributed by atoms with Gasteiger partial charge < -0.3 is 4.74 Å². The minimum absolute atomic E-state index is 0.339. The maximum Gasteiger partial charge on any atom is 0.122 e. The largest absolute Gasteiger partial charge is 0.493 e. The second-order valence-electron chi connectivity index (χ2n) is 5.68. The predicted molar refractivity (Wildman–Crippen MR) is 79.1 cm³/mol. The van der Waals surface area contributed by atoms with E-state index in [1.165, 1.54) is 18.4 Å². The highest BCUT2D eigenvalue weighted by Gasteiger charge is 2.28. The lowest BCUT2D eigenvalue weighted by Crippen LogP contribution is -2.42. The molecule has 3 N–H and O–H groups in total. The molecule has 0 amide bonds. The molecule has 1 aromatic carbocycles. The van der Waals surface area contributed by atoms with E-state index in [-0.39, 0.29) is 0 Å². The lowest BCUT2D eigenvalue weighted by atomic mass is 9.82. The van der Waals surface area contributed by atoms with Gasteiger partial charge in [-0.25, -0.2) is 0 Å². The number of rotatable bonds is 6. The normalized spacial score (nSPS) is 21.3. The van der Waals surface area contributed by atoms with Crippen LogP contribution in [0.3, 0.4) is 0 Å². The van der Waals surface area contributed by atoms with Crippen molar-refractivity contribution < 1.29 is 4.74 Å². The van der Waals surface area contributed by atoms with Crippen LogP contribution in [-0.4, -0.2) is 12.6 Å². The number of nitrogens with one attached hydrogen (secondary N) is 1. The van der Waals surface area contributed by atoms with Gasteiger partial charge in [0, 0.05) is 12.0 Å². The molecule has 0 bridgehead atoms. The van der Waals surface area contributed by atoms with E-state index in [1.54, 1.807) is 0 Å². The van der Waals surface area contributed by atoms with E-state index in [2.05, 4.69) is 37.5 Å². The number of hydrogen-bond acceptors (Lipinski definition) is 3. The standard InChI is InChI=1S/C16H26N2O/c1-3-6-12(2)11-15(18-17)13-9-10-19-16-8-5-4-7-14(13)16/h4-5,7-8,12-13,15,18H,3,6,9-11,17H2,1-2H3. The van der Waals surface area contributed by atoms with Crippen molar-refractivity contribution in [1.29, 1.82) is 0 Å². The van der Waals surface area contributed by atoms with Crippen molar-refractivity contribution in [3.05, 3.63) is 29.8 Å². The Morgan fingerprint density at radius 3 is 2.95 bits per heavy atom. The second-order valence-corrected chi connectivity index (χ2v) is 5.68. The SMILES string of the molecule is CCCC(C)CC(NN)C1CCOc2ccccc21. The smallest absolute Gasteiger partial charge is 0.122 e. The molecule has 0 fully saturated rings. The third-order valence-corrected chi connectivity index (χ3v) is 4.14. The summed E-state index contributed by atoms with van der Waals surface area (Å²) < 4.78 is 5.73. The van der Waals surface area contributed by atoms with Crippen LogP contribution < -0.4 is 16.0 Å². The highest BCUT2D eigenvalue weighted by atomic mass is 16.5. The van der Waals surface area contributed by atoms with Gasteiger partial charge in [-0.15, -0.1) is 0 Å². The van der Waals surface area contributed by atoms with Crippen LogP contribution in [0, 0.1) is 5.92 Å². The minimum Gasteiger partial charge on any atom is -0.493 e. The quantitative estimate of drug-likeness (QED) is 0.611. The third-order valence-electron chi connectivity index (χ3n) is 4.14. The topological polar surface area (TPSA) is 47.3 Å². The summed E-state index contributed by atoms with van der Waals surface area (Å²) in [5, 5.41) is 0. The molecule has 2 rings (SSSR count). The van der Waals surface area contributed by atoms with E-state index < -0.39 is 0 Å². The lowest BCUT2D eigenvalue weighted by molar-refractivity contribution is 0.232. The van der Waals surface area contributed by atoms with Crippen molar-refractivity contribution in [2.75, 3.05) is 6.61 Å². The summed E-state index contributed by atoms with van der Waals surface area (Å²) in [7, 11) is 0. The van der Waals surface area contributed by atoms with Gasteiger partial charge in [-0.05, 0) is 30.4 Å². The summed E-state index contributed by atoms with van der Waals surface area (Å²) >= 11 is 0. The van der Waals surface area contributed by atoms with Crippen LogP contribution in [0.15, 0.2) is 24.3 Å². The average Bonchev–Trinajstić information content (AvgIpc) is 2.44. The van der Waals surface area contributed by atoms with Gasteiger partial charge in [-0.2, -0.15) is 0 Å². The molecular formula is C16H26N2O. The minimum atomic E-state index is 0.339. The fourth-order valence-electron chi connectivity index (χ4n) is 3.18. The zero-order chi connectivity index (χ0) is 13.7. The Morgan fingerprint density at radius 2 is 2.21 bits per heavy atom. The Balaban J connectivity index is 2.11. The van der Waals surface area contributed by atoms with Gasteiger partial charge in [0.2, 0.25) is 0 Å². The van der Waals surface area contributed by atoms with E-state index in [4.69, 9.17) is 10.6 Å². The maximum absolute atomic E-state index is 5.81. The summed E-state index contributed by atoms with van der Waals surface area (Å²) in [4.78, 5) is 0. The predicted octanol–water partition coefficient (Wildman–Crippen LogP) is 3.21. The summed E-state index contributed by atoms with van der Waals surface area (Å²) in [5.41, 5.74) is 4.35. The first-order valence-corrected chi connectivity index (χ1v) is 7.44. The van der Waals surface area contributed by atoms with Gasteiger partial charge in [0.1, 0.15) is 5.75 Å². The molecule has 0 aromatic heterocycles. The molecule has 3 heteroatoms. The van der Waals surface area contributed by atoms with Gasteiger partial charge in [0.15, 0.2) is 0 Å². The molecule has 3 atom stereocenters. The van der Waals surface area contributed by atoms with Gasteiger partial charge >= 0.3 is 0 Å². The Bertz CT molecular complexity index is 394. The van der Waals surface area contributed by atoms with Crippen LogP contribution in [0.2, 0.25) is 0 Å². The zero-order valence-electron chi connectivity index (χ0n) is 12.1. The highest BCUT2D eigenvalue weighted by molar-refractivity contribution is 5.38. The van der Waals surface area contributed by atoms with Crippen molar-refractivity contribution in [2.24, 2.45) is 11.8 Å². The molecule has 106 valence electrons. The molecule has 1 aromatic rings. The molecular weight excluding hydrogens is 236 g/mol. The van der Waals surface area contributed by atoms with Gasteiger partial charge in [-0.3, -0.25) is 11.3 Å². The van der Waals surface area contributed by atoms with Gasteiger partial charge in [0.05, 0.1) is 6.61 Å². The van der Waals surface area contributed by atoms with Crippen LogP contribution >= 0.6 is 0 Å². The molecule has 3 nitrogen and oxygen atoms in total. The summed E-state index contributed by atoms with van der Waals surface area (Å²) in [6.45, 7) is 5.35. The molecule has 1 aliphatic heterocycles. The number of hydrazine groups is 1. The first-order chi connectivity index (χ1) is 9.26. The van der Waals surface area contributed by atoms with Crippen LogP contribution in [0.5, 0.6) is 5.75 Å². The number of fused-ring (bicyclic) bond motifs is 1. The van der Waals surface area contributed by atoms with Crippen molar-refractivity contribution in [2.45, 2.75) is 51.5 Å². The fourth-order valence-corrected chi connectivity index (χ4v) is 3.18. The van der Waals surface area contributed by atoms with Gasteiger partial charge in [-0.1, -0.05) is 44.9 Å². The van der Waals surface area contributed by atoms with Gasteiger partial charge in [0.25, 0.3) is 0 Å². The molecule has 0 aliphatic carbocycles. The van der Waals surface area contributed by atoms with Crippen LogP contribution in [0.4, 0.5) is 0 Å². The molecule has 1 heterocycles. The average molecular weight is 262 g/mol. The number of nitrogens with two attached hydrogens (primary N) is 1. The van der Waals surface area contributed by atoms with Crippen LogP contribution in [0.1, 0.15) is 51.0 Å². The van der Waals surface area contributed by atoms with Crippen molar-refractivity contribution in [3.8, 4) is 5.75 Å². The monoisotopic (exact) mass is 262 g/mol. The maximum atomic E-state index is 5.81. The lowest BCUT2D eigenvalue weighted by Gasteiger charge is -2.33. The number of ether oxygens (including phenoxy) is 1. The Kier molecular flexibility index (Phi) is 5.23. The molecule has 0 saturated carbocycles. The third kappa shape index (κ3) is 3.48. The van der Waals surface area contributed by atoms with Crippen molar-refractivity contribution >= 4 is 0 Å². The van der Waals surface area contributed by atoms with Crippen LogP contribution in [0.25, 0.3) is 0 Å². The Hall–Kier alpha value is -1.06. The molecule has 19 heavy (non-hydrogen) atoms. The van der Waals surface area contributed by atoms with Crippen molar-refractivity contribution in [3.63, 3.8) is 0 Å². The molecule has 3 unspecified atom stereocenters.